The molecule has 3 aromatic carbocycles. The van der Waals surface area contributed by atoms with E-state index in [1.54, 1.807) is 60.9 Å². The lowest BCUT2D eigenvalue weighted by Gasteiger charge is -2.23. The van der Waals surface area contributed by atoms with Gasteiger partial charge in [0, 0.05) is 50.5 Å². The molecule has 3 aromatic heterocycles. The van der Waals surface area contributed by atoms with Gasteiger partial charge in [-0.3, -0.25) is 57.2 Å². The van der Waals surface area contributed by atoms with Gasteiger partial charge < -0.3 is 74.5 Å². The zero-order chi connectivity index (χ0) is 92.3. The van der Waals surface area contributed by atoms with Crippen LogP contribution in [0, 0.1) is 35.5 Å². The Kier molecular flexibility index (Phi) is 44.9. The summed E-state index contributed by atoms with van der Waals surface area (Å²) in [5, 5.41) is 31.2. The van der Waals surface area contributed by atoms with Crippen molar-refractivity contribution in [3.63, 3.8) is 0 Å². The summed E-state index contributed by atoms with van der Waals surface area (Å²) >= 11 is 0. The molecule has 6 amide bonds. The number of hydrogen-bond donors (Lipinski definition) is 6. The van der Waals surface area contributed by atoms with Gasteiger partial charge in [-0.05, 0) is 116 Å². The molecule has 3 fully saturated rings. The molecule has 0 radical (unpaired) electrons. The second-order valence-corrected chi connectivity index (χ2v) is 34.3. The Morgan fingerprint density at radius 2 is 0.677 bits per heavy atom. The standard InChI is InChI=1S/C33H50N4O6.2C32H48N4O6/c1-6-23(7-2)22-37-27(32-28(41-3)17-12-18-29(32)42-4)20-26(36-37)33(40)35-25(19-30(38)34-21-31(39)43-5)16-11-15-24-13-9-8-10-14-24;1-21(2)22(3)36-26(31-27(40-4)16-11-17-28(31)41-5)19-25(35-36)32(39)34-24(18-29(37)33-20-30(38)42-6)15-10-14-23-12-8-7-9-13-23;1-6-22(2)21-36-26(31-27(40-3)16-11-17-28(31)41-4)19-25(35-36)32(39)34-24(18-29(37)33-20-30(38)42-5)15-10-14-23-12-8-7-9-13-23/h12,17-18,20,23-25H,6-11,13-16,19,21-22H2,1-5H3,(H,34,38)(H,35,40);11,16-17,19,21-24H,7-10,12-15,18,20H2,1-6H3,(H,33,37)(H,34,39);11,16-17,19,22-24H,6-10,12-15,18,20-21H2,1-5H3,(H,33,37)(H,34,39)/t25-;2*22?,24-/m000/s1. The van der Waals surface area contributed by atoms with Crippen LogP contribution in [0.5, 0.6) is 34.5 Å². The van der Waals surface area contributed by atoms with Crippen molar-refractivity contribution in [2.45, 2.75) is 278 Å². The molecule has 0 spiro atoms. The normalized spacial score (nSPS) is 14.8. The first-order valence-electron chi connectivity index (χ1n) is 46.1. The molecule has 5 atom stereocenters. The first-order valence-corrected chi connectivity index (χ1v) is 46.1. The highest BCUT2D eigenvalue weighted by atomic mass is 16.5. The van der Waals surface area contributed by atoms with E-state index in [0.29, 0.717) is 108 Å². The van der Waals surface area contributed by atoms with Gasteiger partial charge in [-0.15, -0.1) is 0 Å². The highest BCUT2D eigenvalue weighted by Gasteiger charge is 2.32. The van der Waals surface area contributed by atoms with Crippen molar-refractivity contribution in [2.24, 2.45) is 35.5 Å². The van der Waals surface area contributed by atoms with E-state index in [-0.39, 0.29) is 103 Å². The molecule has 3 saturated carbocycles. The van der Waals surface area contributed by atoms with Crippen molar-refractivity contribution in [2.75, 3.05) is 83.6 Å². The minimum Gasteiger partial charge on any atom is -0.496 e. The molecule has 6 aromatic rings. The maximum Gasteiger partial charge on any atom is 0.325 e. The van der Waals surface area contributed by atoms with Crippen LogP contribution in [0.15, 0.2) is 72.8 Å². The molecule has 9 rings (SSSR count). The molecule has 3 aliphatic rings. The Morgan fingerprint density at radius 1 is 0.386 bits per heavy atom. The highest BCUT2D eigenvalue weighted by molar-refractivity contribution is 5.97. The largest absolute Gasteiger partial charge is 0.496 e. The molecule has 2 unspecified atom stereocenters. The Labute approximate surface area is 752 Å². The van der Waals surface area contributed by atoms with Gasteiger partial charge in [0.15, 0.2) is 17.1 Å². The molecule has 127 heavy (non-hydrogen) atoms. The van der Waals surface area contributed by atoms with Crippen molar-refractivity contribution in [1.82, 2.24) is 61.2 Å². The molecule has 30 heteroatoms. The summed E-state index contributed by atoms with van der Waals surface area (Å²) in [5.41, 5.74) is 5.11. The molecule has 3 heterocycles. The van der Waals surface area contributed by atoms with Crippen LogP contribution in [0.2, 0.25) is 0 Å². The van der Waals surface area contributed by atoms with Gasteiger partial charge in [0.25, 0.3) is 17.7 Å². The summed E-state index contributed by atoms with van der Waals surface area (Å²) in [6.45, 7) is 15.5. The van der Waals surface area contributed by atoms with Gasteiger partial charge in [-0.1, -0.05) is 214 Å². The van der Waals surface area contributed by atoms with Gasteiger partial charge in [-0.25, -0.2) is 0 Å². The average Bonchev–Trinajstić information content (AvgIpc) is 1.69. The number of nitrogens with one attached hydrogen (secondary N) is 6. The number of esters is 3. The summed E-state index contributed by atoms with van der Waals surface area (Å²) in [4.78, 5) is 114. The number of ether oxygens (including phenoxy) is 9. The number of amides is 6. The lowest BCUT2D eigenvalue weighted by Crippen LogP contribution is -2.40. The quantitative estimate of drug-likeness (QED) is 0.0153. The average molecular weight is 1770 g/mol. The number of benzene rings is 3. The minimum absolute atomic E-state index is 0.0217. The van der Waals surface area contributed by atoms with E-state index in [0.717, 1.165) is 80.3 Å². The van der Waals surface area contributed by atoms with Crippen molar-refractivity contribution >= 4 is 53.4 Å². The van der Waals surface area contributed by atoms with Gasteiger partial charge >= 0.3 is 17.9 Å². The van der Waals surface area contributed by atoms with Gasteiger partial charge in [0.1, 0.15) is 54.1 Å². The van der Waals surface area contributed by atoms with Crippen LogP contribution in [-0.2, 0) is 56.1 Å². The number of nitrogens with zero attached hydrogens (tertiary/aromatic N) is 6. The van der Waals surface area contributed by atoms with E-state index in [4.69, 9.17) is 43.7 Å². The van der Waals surface area contributed by atoms with Crippen LogP contribution < -0.4 is 60.3 Å². The van der Waals surface area contributed by atoms with Crippen LogP contribution in [0.1, 0.15) is 279 Å². The third kappa shape index (κ3) is 32.9. The molecule has 6 N–H and O–H groups in total. The van der Waals surface area contributed by atoms with Crippen LogP contribution in [0.25, 0.3) is 33.8 Å². The first-order chi connectivity index (χ1) is 61.3. The molecule has 0 aliphatic heterocycles. The fraction of sp³-hybridized carbons (Fsp3) is 0.629. The second-order valence-electron chi connectivity index (χ2n) is 34.3. The first kappa shape index (κ1) is 103. The fourth-order valence-electron chi connectivity index (χ4n) is 17.0. The zero-order valence-corrected chi connectivity index (χ0v) is 78.5. The second kappa shape index (κ2) is 55.1. The SMILES string of the molecule is CCC(C)Cn1nc(C(=O)N[C@@H](CCCC2CCCCC2)CC(=O)NCC(=O)OC)cc1-c1c(OC)cccc1OC.CCC(CC)Cn1nc(C(=O)N[C@@H](CCCC2CCCCC2)CC(=O)NCC(=O)OC)cc1-c1c(OC)cccc1OC.COC(=O)CNC(=O)C[C@H](CCCC1CCCCC1)NC(=O)c1cc(-c2c(OC)cccc2OC)n(C(C)C(C)C)n1. The van der Waals surface area contributed by atoms with E-state index >= 15 is 0 Å². The summed E-state index contributed by atoms with van der Waals surface area (Å²) in [7, 11) is 13.4. The van der Waals surface area contributed by atoms with E-state index in [2.05, 4.69) is 94.6 Å². The third-order valence-electron chi connectivity index (χ3n) is 25.1. The number of carbonyl (C=O) groups is 9. The molecule has 0 saturated heterocycles. The van der Waals surface area contributed by atoms with E-state index in [1.807, 2.05) is 68.6 Å². The Bertz CT molecular complexity index is 4350. The molecule has 0 bridgehead atoms. The summed E-state index contributed by atoms with van der Waals surface area (Å²) in [6, 6.07) is 20.8. The van der Waals surface area contributed by atoms with Gasteiger partial charge in [-0.2, -0.15) is 15.3 Å². The van der Waals surface area contributed by atoms with Gasteiger partial charge in [0.05, 0.1) is 104 Å². The lowest BCUT2D eigenvalue weighted by molar-refractivity contribution is -0.141. The number of methoxy groups -OCH3 is 9. The summed E-state index contributed by atoms with van der Waals surface area (Å²) in [6.07, 6.45) is 30.1. The highest BCUT2D eigenvalue weighted by Crippen LogP contribution is 2.44. The van der Waals surface area contributed by atoms with Crippen LogP contribution in [0.4, 0.5) is 0 Å². The summed E-state index contributed by atoms with van der Waals surface area (Å²) < 4.78 is 53.4. The van der Waals surface area contributed by atoms with E-state index < -0.39 is 36.0 Å². The van der Waals surface area contributed by atoms with Crippen LogP contribution in [0.3, 0.4) is 0 Å². The predicted molar refractivity (Wildman–Crippen MR) is 489 cm³/mol. The molecule has 702 valence electrons. The van der Waals surface area contributed by atoms with Crippen molar-refractivity contribution in [1.29, 1.82) is 0 Å². The lowest BCUT2D eigenvalue weighted by atomic mass is 9.85. The smallest absolute Gasteiger partial charge is 0.325 e. The fourth-order valence-corrected chi connectivity index (χ4v) is 17.0. The topological polar surface area (TPSA) is 362 Å². The van der Waals surface area contributed by atoms with Crippen LogP contribution >= 0.6 is 0 Å². The minimum atomic E-state index is -0.523. The molecule has 3 aliphatic carbocycles. The van der Waals surface area contributed by atoms with Crippen molar-refractivity contribution in [3.8, 4) is 68.3 Å². The zero-order valence-electron chi connectivity index (χ0n) is 78.5. The maximum atomic E-state index is 13.7. The Balaban J connectivity index is 0.000000261. The number of rotatable bonds is 48. The van der Waals surface area contributed by atoms with E-state index in [1.165, 1.54) is 118 Å². The molecule has 30 nitrogen and oxygen atoms in total. The maximum absolute atomic E-state index is 13.7. The monoisotopic (exact) mass is 1770 g/mol. The van der Waals surface area contributed by atoms with Crippen LogP contribution in [-0.4, -0.2) is 184 Å². The molecular formula is C97H146N12O18. The number of aromatic nitrogens is 6. The Morgan fingerprint density at radius 3 is 0.961 bits per heavy atom. The predicted octanol–water partition coefficient (Wildman–Crippen LogP) is 16.0. The third-order valence-corrected chi connectivity index (χ3v) is 25.1. The van der Waals surface area contributed by atoms with Gasteiger partial charge in [0.2, 0.25) is 17.7 Å². The van der Waals surface area contributed by atoms with Crippen molar-refractivity contribution in [3.05, 3.63) is 89.9 Å². The molecular weight excluding hydrogens is 1620 g/mol. The van der Waals surface area contributed by atoms with Crippen molar-refractivity contribution < 1.29 is 85.8 Å². The van der Waals surface area contributed by atoms with E-state index in [9.17, 15) is 43.2 Å². The summed E-state index contributed by atoms with van der Waals surface area (Å²) in [5.74, 6) is 3.21. The Hall–Kier alpha value is -10.7. The number of hydrogen-bond acceptors (Lipinski definition) is 21. The number of carbonyl (C=O) groups excluding carboxylic acids is 9.